The fourth-order valence-corrected chi connectivity index (χ4v) is 4.20. The maximum atomic E-state index is 13.2. The van der Waals surface area contributed by atoms with Gasteiger partial charge in [-0.2, -0.15) is 5.10 Å². The second kappa shape index (κ2) is 9.44. The molecular weight excluding hydrogens is 448 g/mol. The number of aryl methyl sites for hydroxylation is 1. The van der Waals surface area contributed by atoms with Crippen LogP contribution >= 0.6 is 0 Å². The molecule has 34 heavy (non-hydrogen) atoms. The predicted molar refractivity (Wildman–Crippen MR) is 137 cm³/mol. The van der Waals surface area contributed by atoms with Gasteiger partial charge in [0.05, 0.1) is 28.7 Å². The van der Waals surface area contributed by atoms with Gasteiger partial charge in [-0.15, -0.1) is 0 Å². The molecule has 0 unspecified atom stereocenters. The van der Waals surface area contributed by atoms with E-state index in [-0.39, 0.29) is 5.91 Å². The zero-order valence-electron chi connectivity index (χ0n) is 19.0. The summed E-state index contributed by atoms with van der Waals surface area (Å²) in [5.74, 6) is -0.363. The third-order valence-corrected chi connectivity index (χ3v) is 5.90. The molecule has 0 spiro atoms. The van der Waals surface area contributed by atoms with Crippen LogP contribution < -0.4 is 10.1 Å². The van der Waals surface area contributed by atoms with Crippen molar-refractivity contribution in [3.63, 3.8) is 0 Å². The average Bonchev–Trinajstić information content (AvgIpc) is 2.81. The van der Waals surface area contributed by atoms with Crippen molar-refractivity contribution in [1.29, 1.82) is 0 Å². The molecule has 0 atom stereocenters. The molecule has 0 aliphatic heterocycles. The highest BCUT2D eigenvalue weighted by molar-refractivity contribution is 7.92. The van der Waals surface area contributed by atoms with E-state index in [0.717, 1.165) is 22.8 Å². The number of hydrazone groups is 1. The van der Waals surface area contributed by atoms with Crippen LogP contribution in [0.3, 0.4) is 0 Å². The van der Waals surface area contributed by atoms with Gasteiger partial charge in [0.1, 0.15) is 0 Å². The zero-order valence-corrected chi connectivity index (χ0v) is 19.8. The smallest absolute Gasteiger partial charge is 0.272 e. The summed E-state index contributed by atoms with van der Waals surface area (Å²) < 4.78 is 25.5. The van der Waals surface area contributed by atoms with Gasteiger partial charge in [0, 0.05) is 16.6 Å². The van der Waals surface area contributed by atoms with Crippen LogP contribution in [-0.2, 0) is 10.0 Å². The summed E-state index contributed by atoms with van der Waals surface area (Å²) in [6, 6.07) is 24.0. The lowest BCUT2D eigenvalue weighted by molar-refractivity contribution is 0.0956. The first-order chi connectivity index (χ1) is 16.2. The van der Waals surface area contributed by atoms with Gasteiger partial charge in [0.2, 0.25) is 10.0 Å². The Kier molecular flexibility index (Phi) is 6.43. The molecule has 1 heterocycles. The molecule has 4 aromatic rings. The standard InChI is InChI=1S/C26H24N4O3S/c1-17-9-4-5-12-21(17)25-16-23(22-13-6-7-14-24(22)27-25)26(31)29-28-18(2)19-10-8-11-20(15-19)30-34(3,32)33/h4-16,30H,1-3H3,(H,29,31)/b28-18-. The molecular formula is C26H24N4O3S. The number of aromatic nitrogens is 1. The van der Waals surface area contributed by atoms with Crippen molar-refractivity contribution in [2.24, 2.45) is 5.10 Å². The first kappa shape index (κ1) is 23.1. The Balaban J connectivity index is 1.66. The first-order valence-corrected chi connectivity index (χ1v) is 12.5. The van der Waals surface area contributed by atoms with E-state index in [2.05, 4.69) is 15.2 Å². The Morgan fingerprint density at radius 1 is 0.941 bits per heavy atom. The molecule has 0 bridgehead atoms. The summed E-state index contributed by atoms with van der Waals surface area (Å²) in [5.41, 5.74) is 8.17. The number of pyridine rings is 1. The van der Waals surface area contributed by atoms with Gasteiger partial charge in [-0.25, -0.2) is 18.8 Å². The van der Waals surface area contributed by atoms with E-state index in [0.29, 0.717) is 33.7 Å². The van der Waals surface area contributed by atoms with Gasteiger partial charge >= 0.3 is 0 Å². The number of fused-ring (bicyclic) bond motifs is 1. The normalized spacial score (nSPS) is 11.9. The summed E-state index contributed by atoms with van der Waals surface area (Å²) >= 11 is 0. The monoisotopic (exact) mass is 472 g/mol. The minimum Gasteiger partial charge on any atom is -0.284 e. The number of amides is 1. The number of carbonyl (C=O) groups excluding carboxylic acids is 1. The van der Waals surface area contributed by atoms with E-state index in [1.165, 1.54) is 0 Å². The lowest BCUT2D eigenvalue weighted by Crippen LogP contribution is -2.20. The highest BCUT2D eigenvalue weighted by Gasteiger charge is 2.15. The highest BCUT2D eigenvalue weighted by Crippen LogP contribution is 2.27. The van der Waals surface area contributed by atoms with Crippen LogP contribution in [0.2, 0.25) is 0 Å². The van der Waals surface area contributed by atoms with Crippen molar-refractivity contribution >= 4 is 38.2 Å². The molecule has 7 nitrogen and oxygen atoms in total. The Labute approximate surface area is 198 Å². The summed E-state index contributed by atoms with van der Waals surface area (Å²) in [4.78, 5) is 17.9. The van der Waals surface area contributed by atoms with Crippen LogP contribution in [0.15, 0.2) is 84.0 Å². The number of hydrogen-bond donors (Lipinski definition) is 2. The van der Waals surface area contributed by atoms with E-state index in [1.807, 2.05) is 55.5 Å². The number of nitrogens with zero attached hydrogens (tertiary/aromatic N) is 2. The average molecular weight is 473 g/mol. The van der Waals surface area contributed by atoms with Crippen molar-refractivity contribution in [1.82, 2.24) is 10.4 Å². The van der Waals surface area contributed by atoms with E-state index in [9.17, 15) is 13.2 Å². The SMILES string of the molecule is C/C(=N/NC(=O)c1cc(-c2ccccc2C)nc2ccccc12)c1cccc(NS(C)(=O)=O)c1. The quantitative estimate of drug-likeness (QED) is 0.313. The molecule has 172 valence electrons. The largest absolute Gasteiger partial charge is 0.284 e. The summed E-state index contributed by atoms with van der Waals surface area (Å²) in [6.45, 7) is 3.75. The van der Waals surface area contributed by atoms with Crippen LogP contribution in [0, 0.1) is 6.92 Å². The van der Waals surface area contributed by atoms with Gasteiger partial charge in [-0.1, -0.05) is 54.6 Å². The number of hydrogen-bond acceptors (Lipinski definition) is 5. The van der Waals surface area contributed by atoms with Crippen molar-refractivity contribution in [2.75, 3.05) is 11.0 Å². The van der Waals surface area contributed by atoms with Gasteiger partial charge in [0.25, 0.3) is 5.91 Å². The molecule has 1 amide bonds. The topological polar surface area (TPSA) is 101 Å². The van der Waals surface area contributed by atoms with Gasteiger partial charge in [-0.05, 0) is 49.2 Å². The molecule has 0 saturated carbocycles. The Morgan fingerprint density at radius 3 is 2.44 bits per heavy atom. The number of carbonyl (C=O) groups is 1. The molecule has 8 heteroatoms. The van der Waals surface area contributed by atoms with E-state index in [4.69, 9.17) is 4.98 Å². The lowest BCUT2D eigenvalue weighted by Gasteiger charge is -2.11. The molecule has 0 fully saturated rings. The van der Waals surface area contributed by atoms with Crippen LogP contribution in [0.5, 0.6) is 0 Å². The van der Waals surface area contributed by atoms with Crippen molar-refractivity contribution in [2.45, 2.75) is 13.8 Å². The Morgan fingerprint density at radius 2 is 1.68 bits per heavy atom. The number of sulfonamides is 1. The minimum absolute atomic E-state index is 0.363. The number of benzene rings is 3. The van der Waals surface area contributed by atoms with E-state index < -0.39 is 10.0 Å². The fourth-order valence-electron chi connectivity index (χ4n) is 3.64. The molecule has 3 aromatic carbocycles. The molecule has 0 radical (unpaired) electrons. The molecule has 0 saturated heterocycles. The maximum absolute atomic E-state index is 13.2. The third kappa shape index (κ3) is 5.29. The van der Waals surface area contributed by atoms with Gasteiger partial charge < -0.3 is 0 Å². The number of para-hydroxylation sites is 1. The second-order valence-electron chi connectivity index (χ2n) is 7.98. The van der Waals surface area contributed by atoms with Gasteiger partial charge in [-0.3, -0.25) is 9.52 Å². The van der Waals surface area contributed by atoms with Crippen LogP contribution in [0.4, 0.5) is 5.69 Å². The fraction of sp³-hybridized carbons (Fsp3) is 0.115. The predicted octanol–water partition coefficient (Wildman–Crippen LogP) is 4.74. The number of rotatable bonds is 6. The Hall–Kier alpha value is -4.04. The van der Waals surface area contributed by atoms with Crippen LogP contribution in [-0.4, -0.2) is 31.3 Å². The van der Waals surface area contributed by atoms with E-state index in [1.54, 1.807) is 37.3 Å². The summed E-state index contributed by atoms with van der Waals surface area (Å²) in [6.07, 6.45) is 1.09. The van der Waals surface area contributed by atoms with Gasteiger partial charge in [0.15, 0.2) is 0 Å². The summed E-state index contributed by atoms with van der Waals surface area (Å²) in [7, 11) is -3.40. The Bertz CT molecular complexity index is 1530. The molecule has 0 aliphatic rings. The van der Waals surface area contributed by atoms with Crippen molar-refractivity contribution in [3.8, 4) is 11.3 Å². The van der Waals surface area contributed by atoms with Crippen LogP contribution in [0.1, 0.15) is 28.4 Å². The lowest BCUT2D eigenvalue weighted by atomic mass is 10.0. The minimum atomic E-state index is -3.40. The molecule has 1 aromatic heterocycles. The van der Waals surface area contributed by atoms with Crippen LogP contribution in [0.25, 0.3) is 22.2 Å². The molecule has 2 N–H and O–H groups in total. The number of nitrogens with one attached hydrogen (secondary N) is 2. The summed E-state index contributed by atoms with van der Waals surface area (Å²) in [5, 5.41) is 4.98. The maximum Gasteiger partial charge on any atom is 0.272 e. The molecule has 0 aliphatic carbocycles. The molecule has 4 rings (SSSR count). The highest BCUT2D eigenvalue weighted by atomic mass is 32.2. The second-order valence-corrected chi connectivity index (χ2v) is 9.73. The zero-order chi connectivity index (χ0) is 24.3. The first-order valence-electron chi connectivity index (χ1n) is 10.6. The van der Waals surface area contributed by atoms with Crippen molar-refractivity contribution in [3.05, 3.63) is 95.6 Å². The number of anilines is 1. The third-order valence-electron chi connectivity index (χ3n) is 5.29. The van der Waals surface area contributed by atoms with Crippen molar-refractivity contribution < 1.29 is 13.2 Å². The van der Waals surface area contributed by atoms with E-state index >= 15 is 0 Å².